The molecule has 7 heteroatoms. The number of nitrogens with one attached hydrogen (secondary N) is 3. The summed E-state index contributed by atoms with van der Waals surface area (Å²) in [5.74, 6) is 0.812. The number of aliphatic imine (C=N–C) groups is 1. The van der Waals surface area contributed by atoms with Crippen LogP contribution in [0.3, 0.4) is 0 Å². The molecule has 23 heavy (non-hydrogen) atoms. The Morgan fingerprint density at radius 3 is 2.70 bits per heavy atom. The molecule has 1 aromatic rings. The summed E-state index contributed by atoms with van der Waals surface area (Å²) in [6.45, 7) is 2.48. The number of rotatable bonds is 6. The third-order valence-electron chi connectivity index (χ3n) is 4.03. The van der Waals surface area contributed by atoms with Crippen LogP contribution >= 0.6 is 0 Å². The molecule has 1 atom stereocenters. The van der Waals surface area contributed by atoms with E-state index in [1.165, 1.54) is 11.1 Å². The number of hydrogen-bond donors (Lipinski definition) is 3. The highest BCUT2D eigenvalue weighted by atomic mass is 32.2. The van der Waals surface area contributed by atoms with E-state index in [2.05, 4.69) is 44.6 Å². The van der Waals surface area contributed by atoms with Crippen molar-refractivity contribution in [3.05, 3.63) is 35.4 Å². The van der Waals surface area contributed by atoms with Crippen molar-refractivity contribution in [2.45, 2.75) is 32.2 Å². The van der Waals surface area contributed by atoms with E-state index in [-0.39, 0.29) is 5.75 Å². The normalized spacial score (nSPS) is 18.3. The van der Waals surface area contributed by atoms with Crippen molar-refractivity contribution in [3.8, 4) is 0 Å². The Labute approximate surface area is 138 Å². The molecule has 0 saturated heterocycles. The van der Waals surface area contributed by atoms with E-state index in [4.69, 9.17) is 0 Å². The second-order valence-electron chi connectivity index (χ2n) is 5.65. The van der Waals surface area contributed by atoms with Gasteiger partial charge in [-0.15, -0.1) is 0 Å². The fourth-order valence-corrected chi connectivity index (χ4v) is 3.32. The number of nitrogens with zero attached hydrogens (tertiary/aromatic N) is 1. The second-order valence-corrected chi connectivity index (χ2v) is 7.75. The molecule has 2 rings (SSSR count). The highest BCUT2D eigenvalue weighted by Crippen LogP contribution is 2.20. The minimum atomic E-state index is -3.14. The Morgan fingerprint density at radius 1 is 1.26 bits per heavy atom. The molecule has 128 valence electrons. The van der Waals surface area contributed by atoms with Gasteiger partial charge in [0.1, 0.15) is 0 Å². The maximum Gasteiger partial charge on any atom is 0.211 e. The van der Waals surface area contributed by atoms with Crippen molar-refractivity contribution in [1.82, 2.24) is 15.4 Å². The van der Waals surface area contributed by atoms with Crippen LogP contribution in [0.5, 0.6) is 0 Å². The minimum Gasteiger partial charge on any atom is -0.355 e. The van der Waals surface area contributed by atoms with Crippen LogP contribution in [-0.4, -0.2) is 46.3 Å². The summed E-state index contributed by atoms with van der Waals surface area (Å²) in [5, 5.41) is 6.57. The first-order chi connectivity index (χ1) is 11.0. The quantitative estimate of drug-likeness (QED) is 0.404. The topological polar surface area (TPSA) is 82.6 Å². The van der Waals surface area contributed by atoms with Crippen LogP contribution in [0, 0.1) is 0 Å². The van der Waals surface area contributed by atoms with Gasteiger partial charge in [-0.2, -0.15) is 0 Å². The molecule has 1 unspecified atom stereocenters. The third-order valence-corrected chi connectivity index (χ3v) is 5.43. The Hall–Kier alpha value is -1.60. The third kappa shape index (κ3) is 5.51. The maximum absolute atomic E-state index is 11.4. The van der Waals surface area contributed by atoms with Crippen molar-refractivity contribution >= 4 is 16.0 Å². The van der Waals surface area contributed by atoms with Crippen LogP contribution < -0.4 is 15.4 Å². The molecule has 0 spiro atoms. The summed E-state index contributed by atoms with van der Waals surface area (Å²) in [6, 6.07) is 8.89. The first-order valence-corrected chi connectivity index (χ1v) is 9.70. The molecule has 0 aromatic heterocycles. The molecule has 3 N–H and O–H groups in total. The highest BCUT2D eigenvalue weighted by Gasteiger charge is 2.18. The van der Waals surface area contributed by atoms with Gasteiger partial charge in [0.2, 0.25) is 10.0 Å². The van der Waals surface area contributed by atoms with Gasteiger partial charge in [0.25, 0.3) is 0 Å². The lowest BCUT2D eigenvalue weighted by Crippen LogP contribution is -2.47. The Morgan fingerprint density at radius 2 is 2.00 bits per heavy atom. The van der Waals surface area contributed by atoms with Crippen molar-refractivity contribution < 1.29 is 8.42 Å². The average Bonchev–Trinajstić information content (AvgIpc) is 2.57. The van der Waals surface area contributed by atoms with E-state index in [1.54, 1.807) is 14.0 Å². The number of sulfonamides is 1. The lowest BCUT2D eigenvalue weighted by atomic mass is 9.88. The SMILES string of the molecule is CCS(=O)(=O)NCCNC(=NC)NC1CCc2ccccc2C1. The molecule has 6 nitrogen and oxygen atoms in total. The zero-order valence-corrected chi connectivity index (χ0v) is 14.6. The largest absolute Gasteiger partial charge is 0.355 e. The smallest absolute Gasteiger partial charge is 0.211 e. The van der Waals surface area contributed by atoms with Gasteiger partial charge in [0, 0.05) is 26.2 Å². The molecular formula is C16H26N4O2S. The average molecular weight is 338 g/mol. The molecule has 1 aromatic carbocycles. The van der Waals surface area contributed by atoms with Gasteiger partial charge < -0.3 is 10.6 Å². The van der Waals surface area contributed by atoms with Crippen molar-refractivity contribution in [2.24, 2.45) is 4.99 Å². The summed E-state index contributed by atoms with van der Waals surface area (Å²) < 4.78 is 25.3. The lowest BCUT2D eigenvalue weighted by molar-refractivity contribution is 0.520. The van der Waals surface area contributed by atoms with Crippen molar-refractivity contribution in [3.63, 3.8) is 0 Å². The molecule has 0 fully saturated rings. The minimum absolute atomic E-state index is 0.0987. The van der Waals surface area contributed by atoms with E-state index in [0.717, 1.165) is 19.3 Å². The van der Waals surface area contributed by atoms with Gasteiger partial charge in [-0.05, 0) is 37.3 Å². The van der Waals surface area contributed by atoms with E-state index in [0.29, 0.717) is 25.1 Å². The number of benzene rings is 1. The molecule has 1 aliphatic rings. The van der Waals surface area contributed by atoms with E-state index in [1.807, 2.05) is 0 Å². The molecular weight excluding hydrogens is 312 g/mol. The molecule has 0 aliphatic heterocycles. The van der Waals surface area contributed by atoms with Crippen LogP contribution in [0.25, 0.3) is 0 Å². The first kappa shape index (κ1) is 17.7. The fraction of sp³-hybridized carbons (Fsp3) is 0.562. The summed E-state index contributed by atoms with van der Waals surface area (Å²) in [7, 11) is -1.41. The van der Waals surface area contributed by atoms with Gasteiger partial charge in [-0.25, -0.2) is 13.1 Å². The Balaban J connectivity index is 1.78. The lowest BCUT2D eigenvalue weighted by Gasteiger charge is -2.27. The molecule has 1 aliphatic carbocycles. The Bertz CT molecular complexity index is 643. The van der Waals surface area contributed by atoms with E-state index >= 15 is 0 Å². The molecule has 0 amide bonds. The van der Waals surface area contributed by atoms with E-state index in [9.17, 15) is 8.42 Å². The van der Waals surface area contributed by atoms with Crippen molar-refractivity contribution in [2.75, 3.05) is 25.9 Å². The van der Waals surface area contributed by atoms with Gasteiger partial charge in [0.15, 0.2) is 5.96 Å². The molecule has 0 saturated carbocycles. The monoisotopic (exact) mass is 338 g/mol. The summed E-state index contributed by atoms with van der Waals surface area (Å²) >= 11 is 0. The van der Waals surface area contributed by atoms with Crippen LogP contribution in [0.2, 0.25) is 0 Å². The predicted octanol–water partition coefficient (Wildman–Crippen LogP) is 0.648. The first-order valence-electron chi connectivity index (χ1n) is 8.05. The number of aryl methyl sites for hydroxylation is 1. The standard InChI is InChI=1S/C16H26N4O2S/c1-3-23(21,22)19-11-10-18-16(17-2)20-15-9-8-13-6-4-5-7-14(13)12-15/h4-7,15,19H,3,8-12H2,1-2H3,(H2,17,18,20). The van der Waals surface area contributed by atoms with E-state index < -0.39 is 10.0 Å². The predicted molar refractivity (Wildman–Crippen MR) is 94.2 cm³/mol. The second kappa shape index (κ2) is 8.31. The molecule has 0 radical (unpaired) electrons. The summed E-state index contributed by atoms with van der Waals surface area (Å²) in [4.78, 5) is 4.21. The molecule has 0 bridgehead atoms. The summed E-state index contributed by atoms with van der Waals surface area (Å²) in [6.07, 6.45) is 3.13. The van der Waals surface area contributed by atoms with Crippen LogP contribution in [0.4, 0.5) is 0 Å². The van der Waals surface area contributed by atoms with Gasteiger partial charge in [-0.1, -0.05) is 24.3 Å². The molecule has 0 heterocycles. The zero-order chi connectivity index (χ0) is 16.7. The van der Waals surface area contributed by atoms with Crippen molar-refractivity contribution in [1.29, 1.82) is 0 Å². The summed E-state index contributed by atoms with van der Waals surface area (Å²) in [5.41, 5.74) is 2.82. The number of hydrogen-bond acceptors (Lipinski definition) is 3. The van der Waals surface area contributed by atoms with Gasteiger partial charge >= 0.3 is 0 Å². The van der Waals surface area contributed by atoms with Crippen LogP contribution in [0.1, 0.15) is 24.5 Å². The highest BCUT2D eigenvalue weighted by molar-refractivity contribution is 7.89. The Kier molecular flexibility index (Phi) is 6.41. The zero-order valence-electron chi connectivity index (χ0n) is 13.8. The van der Waals surface area contributed by atoms with Crippen LogP contribution in [-0.2, 0) is 22.9 Å². The number of fused-ring (bicyclic) bond motifs is 1. The maximum atomic E-state index is 11.4. The fourth-order valence-electron chi connectivity index (χ4n) is 2.70. The number of guanidine groups is 1. The van der Waals surface area contributed by atoms with Crippen LogP contribution in [0.15, 0.2) is 29.3 Å². The van der Waals surface area contributed by atoms with Gasteiger partial charge in [0.05, 0.1) is 5.75 Å². The van der Waals surface area contributed by atoms with Gasteiger partial charge in [-0.3, -0.25) is 4.99 Å².